The van der Waals surface area contributed by atoms with E-state index in [1.807, 2.05) is 5.48 Å². The number of hydrogen-bond acceptors (Lipinski definition) is 3. The molecule has 3 N–H and O–H groups in total. The van der Waals surface area contributed by atoms with E-state index < -0.39 is 0 Å². The smallest absolute Gasteiger partial charge is 0.251 e. The van der Waals surface area contributed by atoms with Gasteiger partial charge in [0.05, 0.1) is 6.54 Å². The van der Waals surface area contributed by atoms with Crippen LogP contribution >= 0.6 is 11.6 Å². The number of nitrogens with one attached hydrogen (secondary N) is 2. The minimum Gasteiger partial charge on any atom is -0.346 e. The first-order chi connectivity index (χ1) is 7.13. The summed E-state index contributed by atoms with van der Waals surface area (Å²) in [4.78, 5) is 11.5. The predicted molar refractivity (Wildman–Crippen MR) is 57.8 cm³/mol. The van der Waals surface area contributed by atoms with E-state index in [0.717, 1.165) is 0 Å². The minimum atomic E-state index is -0.247. The van der Waals surface area contributed by atoms with Crippen LogP contribution in [0.15, 0.2) is 36.5 Å². The van der Waals surface area contributed by atoms with Gasteiger partial charge in [0.1, 0.15) is 0 Å². The van der Waals surface area contributed by atoms with Gasteiger partial charge in [-0.2, -0.15) is 0 Å². The van der Waals surface area contributed by atoms with Crippen molar-refractivity contribution in [1.29, 1.82) is 0 Å². The Labute approximate surface area is 92.5 Å². The molecular formula is C10H11ClN2O2. The zero-order valence-corrected chi connectivity index (χ0v) is 8.71. The Balaban J connectivity index is 2.54. The second kappa shape index (κ2) is 5.38. The maximum absolute atomic E-state index is 11.5. The van der Waals surface area contributed by atoms with Gasteiger partial charge in [0.25, 0.3) is 5.91 Å². The lowest BCUT2D eigenvalue weighted by molar-refractivity contribution is 0.0953. The second-order valence-corrected chi connectivity index (χ2v) is 3.34. The fraction of sp³-hybridized carbons (Fsp3) is 0.100. The predicted octanol–water partition coefficient (Wildman–Crippen LogP) is 1.56. The third-order valence-corrected chi connectivity index (χ3v) is 1.98. The molecule has 1 aromatic rings. The number of rotatable bonds is 4. The summed E-state index contributed by atoms with van der Waals surface area (Å²) in [6.07, 6.45) is 0. The molecule has 0 radical (unpaired) electrons. The van der Waals surface area contributed by atoms with Gasteiger partial charge in [-0.15, -0.1) is 0 Å². The molecule has 4 nitrogen and oxygen atoms in total. The summed E-state index contributed by atoms with van der Waals surface area (Å²) in [6.45, 7) is 3.62. The maximum atomic E-state index is 11.5. The summed E-state index contributed by atoms with van der Waals surface area (Å²) in [6, 6.07) is 6.50. The van der Waals surface area contributed by atoms with Crippen LogP contribution < -0.4 is 10.8 Å². The minimum absolute atomic E-state index is 0.165. The van der Waals surface area contributed by atoms with Crippen LogP contribution in [0.25, 0.3) is 0 Å². The standard InChI is InChI=1S/C10H11ClN2O2/c1-7(13-15)6-12-10(14)8-2-4-9(11)5-3-8/h2-5,13,15H,1,6H2,(H,12,14). The Bertz CT molecular complexity index is 362. The van der Waals surface area contributed by atoms with Crippen LogP contribution in [0.2, 0.25) is 5.02 Å². The largest absolute Gasteiger partial charge is 0.346 e. The summed E-state index contributed by atoms with van der Waals surface area (Å²) in [5.41, 5.74) is 2.67. The van der Waals surface area contributed by atoms with Crippen molar-refractivity contribution in [3.8, 4) is 0 Å². The van der Waals surface area contributed by atoms with Crippen molar-refractivity contribution in [3.05, 3.63) is 47.1 Å². The summed E-state index contributed by atoms with van der Waals surface area (Å²) in [5, 5.41) is 11.6. The third-order valence-electron chi connectivity index (χ3n) is 1.73. The van der Waals surface area contributed by atoms with E-state index >= 15 is 0 Å². The third kappa shape index (κ3) is 3.61. The molecule has 80 valence electrons. The quantitative estimate of drug-likeness (QED) is 0.683. The van der Waals surface area contributed by atoms with Gasteiger partial charge in [0.2, 0.25) is 0 Å². The van der Waals surface area contributed by atoms with Crippen LogP contribution in [0, 0.1) is 0 Å². The fourth-order valence-corrected chi connectivity index (χ4v) is 1.06. The maximum Gasteiger partial charge on any atom is 0.251 e. The zero-order chi connectivity index (χ0) is 11.3. The lowest BCUT2D eigenvalue weighted by Gasteiger charge is -2.06. The molecule has 0 fully saturated rings. The highest BCUT2D eigenvalue weighted by atomic mass is 35.5. The van der Waals surface area contributed by atoms with Gasteiger partial charge in [-0.05, 0) is 24.3 Å². The van der Waals surface area contributed by atoms with Gasteiger partial charge in [-0.3, -0.25) is 15.5 Å². The fourth-order valence-electron chi connectivity index (χ4n) is 0.930. The highest BCUT2D eigenvalue weighted by Crippen LogP contribution is 2.09. The van der Waals surface area contributed by atoms with Crippen molar-refractivity contribution in [2.24, 2.45) is 0 Å². The molecule has 0 saturated heterocycles. The Morgan fingerprint density at radius 2 is 2.00 bits per heavy atom. The van der Waals surface area contributed by atoms with Crippen molar-refractivity contribution >= 4 is 17.5 Å². The molecule has 0 aliphatic rings. The molecule has 1 aromatic carbocycles. The first-order valence-electron chi connectivity index (χ1n) is 4.25. The molecule has 1 amide bonds. The summed E-state index contributed by atoms with van der Waals surface area (Å²) < 4.78 is 0. The number of carbonyl (C=O) groups excluding carboxylic acids is 1. The first-order valence-corrected chi connectivity index (χ1v) is 4.63. The highest BCUT2D eigenvalue weighted by molar-refractivity contribution is 6.30. The van der Waals surface area contributed by atoms with Gasteiger partial charge in [0, 0.05) is 16.3 Å². The summed E-state index contributed by atoms with van der Waals surface area (Å²) in [7, 11) is 0. The molecule has 15 heavy (non-hydrogen) atoms. The molecule has 0 aliphatic heterocycles. The van der Waals surface area contributed by atoms with E-state index in [1.54, 1.807) is 24.3 Å². The number of benzene rings is 1. The van der Waals surface area contributed by atoms with Crippen LogP contribution in [-0.4, -0.2) is 17.7 Å². The number of halogens is 1. The Morgan fingerprint density at radius 1 is 1.40 bits per heavy atom. The van der Waals surface area contributed by atoms with Crippen LogP contribution in [0.4, 0.5) is 0 Å². The van der Waals surface area contributed by atoms with Crippen molar-refractivity contribution in [2.75, 3.05) is 6.54 Å². The Kier molecular flexibility index (Phi) is 4.15. The van der Waals surface area contributed by atoms with Crippen molar-refractivity contribution in [2.45, 2.75) is 0 Å². The van der Waals surface area contributed by atoms with Crippen molar-refractivity contribution < 1.29 is 10.0 Å². The normalized spacial score (nSPS) is 9.47. The topological polar surface area (TPSA) is 61.4 Å². The molecule has 0 spiro atoms. The van der Waals surface area contributed by atoms with Crippen LogP contribution in [0.3, 0.4) is 0 Å². The van der Waals surface area contributed by atoms with E-state index in [0.29, 0.717) is 16.3 Å². The molecule has 0 aliphatic carbocycles. The van der Waals surface area contributed by atoms with E-state index in [9.17, 15) is 4.79 Å². The lowest BCUT2D eigenvalue weighted by atomic mass is 10.2. The summed E-state index contributed by atoms with van der Waals surface area (Å²) in [5.74, 6) is -0.247. The monoisotopic (exact) mass is 226 g/mol. The van der Waals surface area contributed by atoms with Crippen LogP contribution in [-0.2, 0) is 0 Å². The van der Waals surface area contributed by atoms with Gasteiger partial charge in [-0.25, -0.2) is 0 Å². The van der Waals surface area contributed by atoms with Crippen LogP contribution in [0.1, 0.15) is 10.4 Å². The number of carbonyl (C=O) groups is 1. The number of hydrogen-bond donors (Lipinski definition) is 3. The van der Waals surface area contributed by atoms with E-state index in [1.165, 1.54) is 0 Å². The van der Waals surface area contributed by atoms with Crippen LogP contribution in [0.5, 0.6) is 0 Å². The van der Waals surface area contributed by atoms with Gasteiger partial charge in [0.15, 0.2) is 0 Å². The number of hydroxylamine groups is 1. The first kappa shape index (κ1) is 11.6. The van der Waals surface area contributed by atoms with E-state index in [4.69, 9.17) is 16.8 Å². The molecule has 0 unspecified atom stereocenters. The highest BCUT2D eigenvalue weighted by Gasteiger charge is 2.04. The molecule has 0 aromatic heterocycles. The Morgan fingerprint density at radius 3 is 2.53 bits per heavy atom. The molecule has 0 saturated carbocycles. The van der Waals surface area contributed by atoms with Gasteiger partial charge >= 0.3 is 0 Å². The molecule has 0 heterocycles. The molecular weight excluding hydrogens is 216 g/mol. The number of amides is 1. The average molecular weight is 227 g/mol. The van der Waals surface area contributed by atoms with Crippen molar-refractivity contribution in [1.82, 2.24) is 10.8 Å². The Hall–Kier alpha value is -1.52. The molecule has 0 atom stereocenters. The second-order valence-electron chi connectivity index (χ2n) is 2.90. The lowest BCUT2D eigenvalue weighted by Crippen LogP contribution is -2.28. The SMILES string of the molecule is C=C(CNC(=O)c1ccc(Cl)cc1)NO. The van der Waals surface area contributed by atoms with Gasteiger partial charge < -0.3 is 5.32 Å². The van der Waals surface area contributed by atoms with Crippen molar-refractivity contribution in [3.63, 3.8) is 0 Å². The molecule has 0 bridgehead atoms. The van der Waals surface area contributed by atoms with E-state index in [2.05, 4.69) is 11.9 Å². The van der Waals surface area contributed by atoms with Gasteiger partial charge in [-0.1, -0.05) is 18.2 Å². The average Bonchev–Trinajstić information content (AvgIpc) is 2.26. The summed E-state index contributed by atoms with van der Waals surface area (Å²) >= 11 is 5.68. The molecule has 1 rings (SSSR count). The van der Waals surface area contributed by atoms with E-state index in [-0.39, 0.29) is 12.5 Å². The molecule has 5 heteroatoms. The zero-order valence-electron chi connectivity index (χ0n) is 7.96.